The van der Waals surface area contributed by atoms with E-state index in [1.165, 1.54) is 10.6 Å². The second-order valence-corrected chi connectivity index (χ2v) is 4.95. The van der Waals surface area contributed by atoms with E-state index >= 15 is 0 Å². The molecule has 1 aromatic rings. The van der Waals surface area contributed by atoms with Crippen LogP contribution in [0.5, 0.6) is 0 Å². The molecule has 11 heavy (non-hydrogen) atoms. The summed E-state index contributed by atoms with van der Waals surface area (Å²) < 4.78 is 1.03. The molecule has 0 aromatic carbocycles. The van der Waals surface area contributed by atoms with E-state index in [4.69, 9.17) is 0 Å². The smallest absolute Gasteiger partial charge is 0.159 e. The second-order valence-electron chi connectivity index (χ2n) is 2.59. The summed E-state index contributed by atoms with van der Waals surface area (Å²) in [6.07, 6.45) is 2.22. The van der Waals surface area contributed by atoms with Crippen LogP contribution >= 0.6 is 27.3 Å². The molecule has 1 aliphatic heterocycles. The number of aromatic nitrogens is 1. The zero-order valence-corrected chi connectivity index (χ0v) is 8.46. The van der Waals surface area contributed by atoms with Crippen molar-refractivity contribution in [1.82, 2.24) is 10.3 Å². The standard InChI is InChI=1S/C7H9BrN2S/c8-7-10-5-1-3-9-4-2-6(5)11-7/h9H,1-4H2. The molecular formula is C7H9BrN2S. The van der Waals surface area contributed by atoms with E-state index in [0.717, 1.165) is 29.8 Å². The molecule has 1 aromatic heterocycles. The average Bonchev–Trinajstić information content (AvgIpc) is 2.17. The second kappa shape index (κ2) is 3.21. The Bertz CT molecular complexity index is 235. The lowest BCUT2D eigenvalue weighted by molar-refractivity contribution is 0.708. The van der Waals surface area contributed by atoms with Crippen molar-refractivity contribution in [2.24, 2.45) is 0 Å². The molecule has 0 spiro atoms. The number of thiazole rings is 1. The van der Waals surface area contributed by atoms with Gasteiger partial charge in [0, 0.05) is 24.4 Å². The van der Waals surface area contributed by atoms with Crippen LogP contribution < -0.4 is 5.32 Å². The van der Waals surface area contributed by atoms with Crippen LogP contribution in [-0.4, -0.2) is 18.1 Å². The monoisotopic (exact) mass is 232 g/mol. The number of fused-ring (bicyclic) bond motifs is 1. The van der Waals surface area contributed by atoms with Crippen LogP contribution in [0.2, 0.25) is 0 Å². The SMILES string of the molecule is Brc1nc2c(s1)CCNCC2. The van der Waals surface area contributed by atoms with Crippen molar-refractivity contribution in [2.75, 3.05) is 13.1 Å². The first kappa shape index (κ1) is 7.71. The van der Waals surface area contributed by atoms with Crippen molar-refractivity contribution in [2.45, 2.75) is 12.8 Å². The van der Waals surface area contributed by atoms with E-state index in [0.29, 0.717) is 0 Å². The fourth-order valence-electron chi connectivity index (χ4n) is 1.28. The Kier molecular flexibility index (Phi) is 2.25. The number of nitrogens with zero attached hydrogens (tertiary/aromatic N) is 1. The van der Waals surface area contributed by atoms with Crippen molar-refractivity contribution in [3.05, 3.63) is 14.5 Å². The maximum absolute atomic E-state index is 4.41. The maximum Gasteiger partial charge on any atom is 0.159 e. The Labute approximate surface area is 78.2 Å². The van der Waals surface area contributed by atoms with Crippen molar-refractivity contribution in [1.29, 1.82) is 0 Å². The van der Waals surface area contributed by atoms with E-state index in [2.05, 4.69) is 26.2 Å². The van der Waals surface area contributed by atoms with Gasteiger partial charge in [-0.05, 0) is 22.4 Å². The summed E-state index contributed by atoms with van der Waals surface area (Å²) in [6.45, 7) is 2.17. The predicted octanol–water partition coefficient (Wildman–Crippen LogP) is 1.59. The van der Waals surface area contributed by atoms with E-state index < -0.39 is 0 Å². The highest BCUT2D eigenvalue weighted by molar-refractivity contribution is 9.11. The fraction of sp³-hybridized carbons (Fsp3) is 0.571. The van der Waals surface area contributed by atoms with Crippen LogP contribution in [0.4, 0.5) is 0 Å². The molecule has 4 heteroatoms. The van der Waals surface area contributed by atoms with Crippen LogP contribution in [0.3, 0.4) is 0 Å². The lowest BCUT2D eigenvalue weighted by Gasteiger charge is -1.93. The third-order valence-electron chi connectivity index (χ3n) is 1.82. The first-order chi connectivity index (χ1) is 5.36. The quantitative estimate of drug-likeness (QED) is 0.736. The molecule has 0 unspecified atom stereocenters. The molecule has 2 rings (SSSR count). The first-order valence-corrected chi connectivity index (χ1v) is 5.32. The molecule has 0 atom stereocenters. The predicted molar refractivity (Wildman–Crippen MR) is 50.1 cm³/mol. The number of rotatable bonds is 0. The third kappa shape index (κ3) is 1.63. The van der Waals surface area contributed by atoms with Gasteiger partial charge < -0.3 is 5.32 Å². The van der Waals surface area contributed by atoms with E-state index in [9.17, 15) is 0 Å². The van der Waals surface area contributed by atoms with Crippen molar-refractivity contribution < 1.29 is 0 Å². The van der Waals surface area contributed by atoms with Crippen molar-refractivity contribution in [3.8, 4) is 0 Å². The molecule has 0 aliphatic carbocycles. The highest BCUT2D eigenvalue weighted by Gasteiger charge is 2.11. The van der Waals surface area contributed by atoms with Crippen molar-refractivity contribution >= 4 is 27.3 Å². The van der Waals surface area contributed by atoms with Crippen LogP contribution in [0, 0.1) is 0 Å². The molecule has 0 radical (unpaired) electrons. The van der Waals surface area contributed by atoms with Gasteiger partial charge in [0.2, 0.25) is 0 Å². The largest absolute Gasteiger partial charge is 0.316 e. The zero-order valence-electron chi connectivity index (χ0n) is 6.06. The molecule has 0 fully saturated rings. The average molecular weight is 233 g/mol. The van der Waals surface area contributed by atoms with Gasteiger partial charge in [0.05, 0.1) is 5.69 Å². The Balaban J connectivity index is 2.32. The van der Waals surface area contributed by atoms with E-state index in [-0.39, 0.29) is 0 Å². The molecule has 1 N–H and O–H groups in total. The highest BCUT2D eigenvalue weighted by Crippen LogP contribution is 2.24. The minimum absolute atomic E-state index is 1.03. The lowest BCUT2D eigenvalue weighted by Crippen LogP contribution is -2.16. The van der Waals surface area contributed by atoms with E-state index in [1.807, 2.05) is 0 Å². The van der Waals surface area contributed by atoms with Gasteiger partial charge in [-0.15, -0.1) is 11.3 Å². The fourth-order valence-corrected chi connectivity index (χ4v) is 2.91. The van der Waals surface area contributed by atoms with E-state index in [1.54, 1.807) is 11.3 Å². The van der Waals surface area contributed by atoms with Gasteiger partial charge in [-0.3, -0.25) is 0 Å². The number of nitrogens with one attached hydrogen (secondary N) is 1. The number of halogens is 1. The van der Waals surface area contributed by atoms with Gasteiger partial charge in [-0.1, -0.05) is 0 Å². The molecule has 0 amide bonds. The zero-order chi connectivity index (χ0) is 7.68. The first-order valence-electron chi connectivity index (χ1n) is 3.71. The molecule has 1 aliphatic rings. The van der Waals surface area contributed by atoms with Gasteiger partial charge in [0.1, 0.15) is 0 Å². The Morgan fingerprint density at radius 3 is 3.09 bits per heavy atom. The van der Waals surface area contributed by atoms with Crippen LogP contribution in [0.1, 0.15) is 10.6 Å². The summed E-state index contributed by atoms with van der Waals surface area (Å²) in [5.41, 5.74) is 1.28. The van der Waals surface area contributed by atoms with Gasteiger partial charge in [-0.2, -0.15) is 0 Å². The molecular weight excluding hydrogens is 224 g/mol. The molecule has 0 bridgehead atoms. The Morgan fingerprint density at radius 1 is 1.36 bits per heavy atom. The Morgan fingerprint density at radius 2 is 2.18 bits per heavy atom. The third-order valence-corrected chi connectivity index (χ3v) is 3.43. The molecule has 2 heterocycles. The molecule has 2 nitrogen and oxygen atoms in total. The summed E-state index contributed by atoms with van der Waals surface area (Å²) in [4.78, 5) is 5.85. The number of hydrogen-bond acceptors (Lipinski definition) is 3. The summed E-state index contributed by atoms with van der Waals surface area (Å²) in [6, 6.07) is 0. The van der Waals surface area contributed by atoms with Gasteiger partial charge in [-0.25, -0.2) is 4.98 Å². The summed E-state index contributed by atoms with van der Waals surface area (Å²) in [5.74, 6) is 0. The summed E-state index contributed by atoms with van der Waals surface area (Å²) in [5, 5.41) is 3.35. The minimum atomic E-state index is 1.03. The minimum Gasteiger partial charge on any atom is -0.316 e. The molecule has 0 saturated carbocycles. The molecule has 0 saturated heterocycles. The highest BCUT2D eigenvalue weighted by atomic mass is 79.9. The van der Waals surface area contributed by atoms with Crippen LogP contribution in [-0.2, 0) is 12.8 Å². The van der Waals surface area contributed by atoms with Crippen molar-refractivity contribution in [3.63, 3.8) is 0 Å². The summed E-state index contributed by atoms with van der Waals surface area (Å²) in [7, 11) is 0. The van der Waals surface area contributed by atoms with Gasteiger partial charge in [0.15, 0.2) is 3.92 Å². The normalized spacial score (nSPS) is 17.5. The topological polar surface area (TPSA) is 24.9 Å². The molecule has 60 valence electrons. The maximum atomic E-state index is 4.41. The summed E-state index contributed by atoms with van der Waals surface area (Å²) >= 11 is 5.17. The van der Waals surface area contributed by atoms with Gasteiger partial charge in [0.25, 0.3) is 0 Å². The number of hydrogen-bond donors (Lipinski definition) is 1. The lowest BCUT2D eigenvalue weighted by atomic mass is 10.2. The van der Waals surface area contributed by atoms with Crippen LogP contribution in [0.25, 0.3) is 0 Å². The van der Waals surface area contributed by atoms with Crippen LogP contribution in [0.15, 0.2) is 3.92 Å². The Hall–Kier alpha value is 0.0700. The van der Waals surface area contributed by atoms with Gasteiger partial charge >= 0.3 is 0 Å².